The Kier molecular flexibility index (Phi) is 2.74. The molecular formula is C9H14O3. The Bertz CT molecular complexity index is 196. The number of ether oxygens (including phenoxy) is 2. The zero-order valence-electron chi connectivity index (χ0n) is 7.50. The lowest BCUT2D eigenvalue weighted by Crippen LogP contribution is -2.21. The van der Waals surface area contributed by atoms with Gasteiger partial charge in [-0.2, -0.15) is 0 Å². The standard InChI is InChI=1S/C9H14O3/c1-6(2)9(10)12-8-4-7(3)11-5-8/h6,8H,3-5H2,1-2H3. The van der Waals surface area contributed by atoms with Crippen LogP contribution in [0.15, 0.2) is 12.3 Å². The second-order valence-corrected chi connectivity index (χ2v) is 3.27. The van der Waals surface area contributed by atoms with Crippen LogP contribution < -0.4 is 0 Å². The van der Waals surface area contributed by atoms with E-state index in [9.17, 15) is 4.79 Å². The van der Waals surface area contributed by atoms with Crippen LogP contribution in [0, 0.1) is 5.92 Å². The third-order valence-corrected chi connectivity index (χ3v) is 1.68. The second-order valence-electron chi connectivity index (χ2n) is 3.27. The van der Waals surface area contributed by atoms with E-state index in [-0.39, 0.29) is 18.0 Å². The first-order valence-corrected chi connectivity index (χ1v) is 4.10. The van der Waals surface area contributed by atoms with E-state index >= 15 is 0 Å². The monoisotopic (exact) mass is 170 g/mol. The van der Waals surface area contributed by atoms with E-state index in [1.54, 1.807) is 0 Å². The molecule has 0 radical (unpaired) electrons. The first-order chi connectivity index (χ1) is 5.59. The molecule has 0 aromatic rings. The molecule has 0 spiro atoms. The van der Waals surface area contributed by atoms with E-state index in [1.807, 2.05) is 13.8 Å². The van der Waals surface area contributed by atoms with Gasteiger partial charge in [0.1, 0.15) is 12.7 Å². The van der Waals surface area contributed by atoms with E-state index in [2.05, 4.69) is 6.58 Å². The van der Waals surface area contributed by atoms with Crippen molar-refractivity contribution in [1.29, 1.82) is 0 Å². The summed E-state index contributed by atoms with van der Waals surface area (Å²) in [5.74, 6) is 0.466. The number of esters is 1. The topological polar surface area (TPSA) is 35.5 Å². The Morgan fingerprint density at radius 3 is 2.83 bits per heavy atom. The predicted octanol–water partition coefficient (Wildman–Crippen LogP) is 1.49. The highest BCUT2D eigenvalue weighted by Crippen LogP contribution is 2.18. The quantitative estimate of drug-likeness (QED) is 0.589. The summed E-state index contributed by atoms with van der Waals surface area (Å²) in [5, 5.41) is 0. The van der Waals surface area contributed by atoms with Gasteiger partial charge in [-0.05, 0) is 0 Å². The number of hydrogen-bond acceptors (Lipinski definition) is 3. The van der Waals surface area contributed by atoms with Crippen molar-refractivity contribution < 1.29 is 14.3 Å². The molecule has 0 bridgehead atoms. The minimum atomic E-state index is -0.168. The van der Waals surface area contributed by atoms with Crippen molar-refractivity contribution in [2.45, 2.75) is 26.4 Å². The van der Waals surface area contributed by atoms with Crippen molar-refractivity contribution in [1.82, 2.24) is 0 Å². The average Bonchev–Trinajstić information content (AvgIpc) is 2.35. The lowest BCUT2D eigenvalue weighted by atomic mass is 10.2. The Labute approximate surface area is 72.4 Å². The molecule has 0 amide bonds. The van der Waals surface area contributed by atoms with E-state index in [0.29, 0.717) is 18.8 Å². The van der Waals surface area contributed by atoms with Gasteiger partial charge in [0.15, 0.2) is 0 Å². The van der Waals surface area contributed by atoms with Gasteiger partial charge in [0, 0.05) is 6.42 Å². The van der Waals surface area contributed by atoms with Crippen LogP contribution in [0.1, 0.15) is 20.3 Å². The molecule has 1 unspecified atom stereocenters. The maximum atomic E-state index is 11.1. The third-order valence-electron chi connectivity index (χ3n) is 1.68. The molecule has 0 saturated carbocycles. The first kappa shape index (κ1) is 9.10. The Hall–Kier alpha value is -0.990. The van der Waals surface area contributed by atoms with E-state index in [4.69, 9.17) is 9.47 Å². The van der Waals surface area contributed by atoms with Crippen molar-refractivity contribution >= 4 is 5.97 Å². The summed E-state index contributed by atoms with van der Waals surface area (Å²) in [6.07, 6.45) is 0.519. The maximum Gasteiger partial charge on any atom is 0.308 e. The maximum absolute atomic E-state index is 11.1. The molecule has 0 N–H and O–H groups in total. The Morgan fingerprint density at radius 2 is 2.42 bits per heavy atom. The normalized spacial score (nSPS) is 22.6. The zero-order chi connectivity index (χ0) is 9.14. The molecule has 3 nitrogen and oxygen atoms in total. The third kappa shape index (κ3) is 2.26. The van der Waals surface area contributed by atoms with Gasteiger partial charge in [0.05, 0.1) is 11.7 Å². The van der Waals surface area contributed by atoms with Crippen molar-refractivity contribution in [2.24, 2.45) is 5.92 Å². The van der Waals surface area contributed by atoms with E-state index in [1.165, 1.54) is 0 Å². The highest BCUT2D eigenvalue weighted by atomic mass is 16.6. The van der Waals surface area contributed by atoms with E-state index in [0.717, 1.165) is 0 Å². The fraction of sp³-hybridized carbons (Fsp3) is 0.667. The van der Waals surface area contributed by atoms with Gasteiger partial charge in [-0.25, -0.2) is 0 Å². The molecule has 1 atom stereocenters. The van der Waals surface area contributed by atoms with Crippen molar-refractivity contribution in [3.8, 4) is 0 Å². The molecule has 0 aromatic heterocycles. The Balaban J connectivity index is 2.32. The number of carbonyl (C=O) groups is 1. The molecule has 12 heavy (non-hydrogen) atoms. The second kappa shape index (κ2) is 3.61. The fourth-order valence-electron chi connectivity index (χ4n) is 0.959. The van der Waals surface area contributed by atoms with Gasteiger partial charge in [-0.1, -0.05) is 20.4 Å². The van der Waals surface area contributed by atoms with Crippen LogP contribution in [0.25, 0.3) is 0 Å². The van der Waals surface area contributed by atoms with Crippen LogP contribution in [0.3, 0.4) is 0 Å². The fourth-order valence-corrected chi connectivity index (χ4v) is 0.959. The summed E-state index contributed by atoms with van der Waals surface area (Å²) in [6.45, 7) is 7.72. The molecule has 0 aromatic carbocycles. The van der Waals surface area contributed by atoms with Gasteiger partial charge in [0.2, 0.25) is 0 Å². The number of carbonyl (C=O) groups excluding carboxylic acids is 1. The van der Waals surface area contributed by atoms with Crippen LogP contribution in [0.2, 0.25) is 0 Å². The van der Waals surface area contributed by atoms with Gasteiger partial charge < -0.3 is 9.47 Å². The van der Waals surface area contributed by atoms with Crippen molar-refractivity contribution in [3.05, 3.63) is 12.3 Å². The molecule has 1 aliphatic heterocycles. The summed E-state index contributed by atoms with van der Waals surface area (Å²) in [4.78, 5) is 11.1. The lowest BCUT2D eigenvalue weighted by Gasteiger charge is -2.10. The summed E-state index contributed by atoms with van der Waals surface area (Å²) in [5.41, 5.74) is 0. The highest BCUT2D eigenvalue weighted by molar-refractivity contribution is 5.71. The van der Waals surface area contributed by atoms with Gasteiger partial charge in [-0.3, -0.25) is 4.79 Å². The molecule has 68 valence electrons. The molecular weight excluding hydrogens is 156 g/mol. The van der Waals surface area contributed by atoms with Crippen molar-refractivity contribution in [2.75, 3.05) is 6.61 Å². The molecule has 1 heterocycles. The first-order valence-electron chi connectivity index (χ1n) is 4.10. The molecule has 3 heteroatoms. The van der Waals surface area contributed by atoms with Gasteiger partial charge in [-0.15, -0.1) is 0 Å². The van der Waals surface area contributed by atoms with Crippen LogP contribution in [0.5, 0.6) is 0 Å². The summed E-state index contributed by atoms with van der Waals surface area (Å²) in [7, 11) is 0. The SMILES string of the molecule is C=C1CC(OC(=O)C(C)C)CO1. The van der Waals surface area contributed by atoms with Crippen molar-refractivity contribution in [3.63, 3.8) is 0 Å². The minimum Gasteiger partial charge on any atom is -0.495 e. The zero-order valence-corrected chi connectivity index (χ0v) is 7.50. The van der Waals surface area contributed by atoms with E-state index < -0.39 is 0 Å². The minimum absolute atomic E-state index is 0.0705. The molecule has 1 rings (SSSR count). The van der Waals surface area contributed by atoms with Gasteiger partial charge >= 0.3 is 5.97 Å². The molecule has 0 aliphatic carbocycles. The molecule has 1 aliphatic rings. The summed E-state index contributed by atoms with van der Waals surface area (Å²) >= 11 is 0. The molecule has 1 saturated heterocycles. The summed E-state index contributed by atoms with van der Waals surface area (Å²) in [6, 6.07) is 0. The highest BCUT2D eigenvalue weighted by Gasteiger charge is 2.24. The summed E-state index contributed by atoms with van der Waals surface area (Å²) < 4.78 is 10.2. The predicted molar refractivity (Wildman–Crippen MR) is 44.4 cm³/mol. The van der Waals surface area contributed by atoms with Gasteiger partial charge in [0.25, 0.3) is 0 Å². The Morgan fingerprint density at radius 1 is 1.75 bits per heavy atom. The van der Waals surface area contributed by atoms with Crippen LogP contribution in [-0.4, -0.2) is 18.7 Å². The van der Waals surface area contributed by atoms with Crippen LogP contribution >= 0.6 is 0 Å². The average molecular weight is 170 g/mol. The number of hydrogen-bond donors (Lipinski definition) is 0. The van der Waals surface area contributed by atoms with Crippen LogP contribution in [0.4, 0.5) is 0 Å². The smallest absolute Gasteiger partial charge is 0.308 e. The lowest BCUT2D eigenvalue weighted by molar-refractivity contribution is -0.152. The van der Waals surface area contributed by atoms with Crippen LogP contribution in [-0.2, 0) is 14.3 Å². The number of rotatable bonds is 2. The molecule has 1 fully saturated rings. The largest absolute Gasteiger partial charge is 0.495 e.